The molecule has 0 aromatic carbocycles. The van der Waals surface area contributed by atoms with Gasteiger partial charge in [0.15, 0.2) is 11.0 Å². The molecule has 6 heteroatoms. The fourth-order valence-corrected chi connectivity index (χ4v) is 1.50. The third kappa shape index (κ3) is 3.23. The lowest BCUT2D eigenvalue weighted by molar-refractivity contribution is 0.978. The molecule has 0 spiro atoms. The van der Waals surface area contributed by atoms with Crippen molar-refractivity contribution in [3.05, 3.63) is 11.5 Å². The van der Waals surface area contributed by atoms with Crippen molar-refractivity contribution in [3.63, 3.8) is 0 Å². The van der Waals surface area contributed by atoms with Gasteiger partial charge >= 0.3 is 0 Å². The first-order valence-corrected chi connectivity index (χ1v) is 6.01. The van der Waals surface area contributed by atoms with E-state index in [2.05, 4.69) is 21.5 Å². The second-order valence-corrected chi connectivity index (χ2v) is 4.04. The lowest BCUT2D eigenvalue weighted by Crippen LogP contribution is -2.07. The van der Waals surface area contributed by atoms with Crippen molar-refractivity contribution < 1.29 is 0 Å². The first-order chi connectivity index (χ1) is 6.75. The molecule has 78 valence electrons. The first kappa shape index (κ1) is 11.4. The summed E-state index contributed by atoms with van der Waals surface area (Å²) in [4.78, 5) is 7.77. The summed E-state index contributed by atoms with van der Waals surface area (Å²) < 4.78 is 0. The maximum atomic E-state index is 5.73. The molecule has 0 amide bonds. The SMILES string of the molecule is CSCCCNc1ncnc(Cl)c1N. The Morgan fingerprint density at radius 1 is 1.57 bits per heavy atom. The van der Waals surface area contributed by atoms with E-state index in [0.717, 1.165) is 18.7 Å². The zero-order valence-corrected chi connectivity index (χ0v) is 9.53. The summed E-state index contributed by atoms with van der Waals surface area (Å²) in [5.41, 5.74) is 6.09. The average molecular weight is 233 g/mol. The van der Waals surface area contributed by atoms with E-state index in [1.807, 2.05) is 11.8 Å². The lowest BCUT2D eigenvalue weighted by atomic mass is 10.4. The Kier molecular flexibility index (Phi) is 4.82. The molecule has 1 aromatic heterocycles. The number of nitrogen functional groups attached to an aromatic ring is 1. The van der Waals surface area contributed by atoms with Gasteiger partial charge in [0.1, 0.15) is 12.0 Å². The molecular formula is C8H13ClN4S. The molecule has 1 heterocycles. The van der Waals surface area contributed by atoms with E-state index in [4.69, 9.17) is 17.3 Å². The highest BCUT2D eigenvalue weighted by Crippen LogP contribution is 2.21. The number of thioether (sulfide) groups is 1. The molecule has 1 aromatic rings. The van der Waals surface area contributed by atoms with Crippen LogP contribution >= 0.6 is 23.4 Å². The minimum absolute atomic E-state index is 0.298. The number of nitrogens with two attached hydrogens (primary N) is 1. The lowest BCUT2D eigenvalue weighted by Gasteiger charge is -2.07. The van der Waals surface area contributed by atoms with E-state index < -0.39 is 0 Å². The molecule has 0 unspecified atom stereocenters. The van der Waals surface area contributed by atoms with Crippen molar-refractivity contribution in [2.75, 3.05) is 29.6 Å². The molecule has 1 rings (SSSR count). The topological polar surface area (TPSA) is 63.8 Å². The number of hydrogen-bond donors (Lipinski definition) is 2. The largest absolute Gasteiger partial charge is 0.393 e. The fourth-order valence-electron chi connectivity index (χ4n) is 0.938. The van der Waals surface area contributed by atoms with E-state index in [1.54, 1.807) is 0 Å². The van der Waals surface area contributed by atoms with Gasteiger partial charge in [0.05, 0.1) is 0 Å². The molecule has 0 aliphatic carbocycles. The molecular weight excluding hydrogens is 220 g/mol. The van der Waals surface area contributed by atoms with Crippen LogP contribution < -0.4 is 11.1 Å². The number of aromatic nitrogens is 2. The van der Waals surface area contributed by atoms with Crippen LogP contribution in [0.25, 0.3) is 0 Å². The summed E-state index contributed by atoms with van der Waals surface area (Å²) >= 11 is 7.55. The van der Waals surface area contributed by atoms with Crippen molar-refractivity contribution >= 4 is 34.9 Å². The molecule has 4 nitrogen and oxygen atoms in total. The minimum Gasteiger partial charge on any atom is -0.393 e. The molecule has 0 bridgehead atoms. The molecule has 0 aliphatic heterocycles. The highest BCUT2D eigenvalue weighted by Gasteiger charge is 2.04. The standard InChI is InChI=1S/C8H13ClN4S/c1-14-4-2-3-11-8-6(10)7(9)12-5-13-8/h5H,2-4,10H2,1H3,(H,11,12,13). The van der Waals surface area contributed by atoms with Crippen molar-refractivity contribution in [2.45, 2.75) is 6.42 Å². The fraction of sp³-hybridized carbons (Fsp3) is 0.500. The number of rotatable bonds is 5. The zero-order chi connectivity index (χ0) is 10.4. The summed E-state index contributed by atoms with van der Waals surface area (Å²) in [6.45, 7) is 0.846. The normalized spacial score (nSPS) is 10.1. The van der Waals surface area contributed by atoms with E-state index >= 15 is 0 Å². The Morgan fingerprint density at radius 3 is 3.07 bits per heavy atom. The van der Waals surface area contributed by atoms with Gasteiger partial charge in [-0.3, -0.25) is 0 Å². The predicted molar refractivity (Wildman–Crippen MR) is 62.9 cm³/mol. The Hall–Kier alpha value is -0.680. The second kappa shape index (κ2) is 5.93. The Bertz CT molecular complexity index is 295. The molecule has 0 aliphatic rings. The predicted octanol–water partition coefficient (Wildman–Crippen LogP) is 1.88. The molecule has 0 radical (unpaired) electrons. The van der Waals surface area contributed by atoms with Gasteiger partial charge in [0.25, 0.3) is 0 Å². The summed E-state index contributed by atoms with van der Waals surface area (Å²) in [6, 6.07) is 0. The van der Waals surface area contributed by atoms with Crippen LogP contribution in [0.15, 0.2) is 6.33 Å². The molecule has 0 fully saturated rings. The maximum absolute atomic E-state index is 5.73. The van der Waals surface area contributed by atoms with Crippen molar-refractivity contribution in [2.24, 2.45) is 0 Å². The smallest absolute Gasteiger partial charge is 0.157 e. The number of hydrogen-bond acceptors (Lipinski definition) is 5. The van der Waals surface area contributed by atoms with Gasteiger partial charge in [-0.1, -0.05) is 11.6 Å². The van der Waals surface area contributed by atoms with Gasteiger partial charge in [0, 0.05) is 6.54 Å². The average Bonchev–Trinajstić information content (AvgIpc) is 2.19. The van der Waals surface area contributed by atoms with Crippen LogP contribution in [-0.4, -0.2) is 28.5 Å². The van der Waals surface area contributed by atoms with Crippen LogP contribution in [-0.2, 0) is 0 Å². The van der Waals surface area contributed by atoms with Crippen LogP contribution in [0.1, 0.15) is 6.42 Å². The van der Waals surface area contributed by atoms with Gasteiger partial charge < -0.3 is 11.1 Å². The van der Waals surface area contributed by atoms with Crippen LogP contribution in [0.4, 0.5) is 11.5 Å². The quantitative estimate of drug-likeness (QED) is 0.600. The number of nitrogens with zero attached hydrogens (tertiary/aromatic N) is 2. The number of anilines is 2. The highest BCUT2D eigenvalue weighted by molar-refractivity contribution is 7.98. The molecule has 3 N–H and O–H groups in total. The Balaban J connectivity index is 2.46. The molecule has 0 saturated heterocycles. The van der Waals surface area contributed by atoms with E-state index in [0.29, 0.717) is 16.7 Å². The first-order valence-electron chi connectivity index (χ1n) is 4.24. The van der Waals surface area contributed by atoms with Gasteiger partial charge in [-0.25, -0.2) is 9.97 Å². The monoisotopic (exact) mass is 232 g/mol. The summed E-state index contributed by atoms with van der Waals surface area (Å²) in [5.74, 6) is 1.73. The van der Waals surface area contributed by atoms with E-state index in [-0.39, 0.29) is 0 Å². The van der Waals surface area contributed by atoms with Crippen molar-refractivity contribution in [1.82, 2.24) is 9.97 Å². The summed E-state index contributed by atoms with van der Waals surface area (Å²) in [7, 11) is 0. The van der Waals surface area contributed by atoms with Crippen LogP contribution in [0, 0.1) is 0 Å². The van der Waals surface area contributed by atoms with Gasteiger partial charge in [-0.15, -0.1) is 0 Å². The van der Waals surface area contributed by atoms with Gasteiger partial charge in [-0.2, -0.15) is 11.8 Å². The Labute approximate surface area is 92.6 Å². The van der Waals surface area contributed by atoms with Crippen molar-refractivity contribution in [1.29, 1.82) is 0 Å². The maximum Gasteiger partial charge on any atom is 0.157 e. The molecule has 0 atom stereocenters. The van der Waals surface area contributed by atoms with E-state index in [9.17, 15) is 0 Å². The highest BCUT2D eigenvalue weighted by atomic mass is 35.5. The van der Waals surface area contributed by atoms with Crippen molar-refractivity contribution in [3.8, 4) is 0 Å². The number of halogens is 1. The second-order valence-electron chi connectivity index (χ2n) is 2.70. The summed E-state index contributed by atoms with van der Waals surface area (Å²) in [6.07, 6.45) is 4.55. The molecule has 14 heavy (non-hydrogen) atoms. The van der Waals surface area contributed by atoms with Crippen LogP contribution in [0.5, 0.6) is 0 Å². The Morgan fingerprint density at radius 2 is 2.36 bits per heavy atom. The minimum atomic E-state index is 0.298. The van der Waals surface area contributed by atoms with E-state index in [1.165, 1.54) is 6.33 Å². The third-order valence-electron chi connectivity index (χ3n) is 1.65. The molecule has 0 saturated carbocycles. The van der Waals surface area contributed by atoms with Crippen LogP contribution in [0.3, 0.4) is 0 Å². The summed E-state index contributed by atoms with van der Waals surface area (Å²) in [5, 5.41) is 3.41. The van der Waals surface area contributed by atoms with Gasteiger partial charge in [0.2, 0.25) is 0 Å². The van der Waals surface area contributed by atoms with Crippen LogP contribution in [0.2, 0.25) is 5.15 Å². The number of nitrogens with one attached hydrogen (secondary N) is 1. The van der Waals surface area contributed by atoms with Gasteiger partial charge in [-0.05, 0) is 18.4 Å². The third-order valence-corrected chi connectivity index (χ3v) is 2.65. The zero-order valence-electron chi connectivity index (χ0n) is 7.96.